The van der Waals surface area contributed by atoms with Gasteiger partial charge in [-0.1, -0.05) is 17.7 Å². The Bertz CT molecular complexity index is 606. The van der Waals surface area contributed by atoms with Gasteiger partial charge in [0.1, 0.15) is 0 Å². The molecular weight excluding hydrogens is 248 g/mol. The minimum atomic E-state index is -1.60. The zero-order valence-electron chi connectivity index (χ0n) is 10.1. The largest absolute Gasteiger partial charge is 0.290 e. The van der Waals surface area contributed by atoms with Gasteiger partial charge >= 0.3 is 0 Å². The van der Waals surface area contributed by atoms with Crippen LogP contribution >= 0.6 is 0 Å². The highest BCUT2D eigenvalue weighted by Crippen LogP contribution is 2.20. The first-order chi connectivity index (χ1) is 8.49. The molecule has 0 spiro atoms. The van der Waals surface area contributed by atoms with E-state index in [9.17, 15) is 13.8 Å². The van der Waals surface area contributed by atoms with Crippen LogP contribution in [0.4, 0.5) is 0 Å². The number of aryl methyl sites for hydroxylation is 1. The van der Waals surface area contributed by atoms with Crippen LogP contribution in [0.3, 0.4) is 0 Å². The molecule has 0 bridgehead atoms. The van der Waals surface area contributed by atoms with Gasteiger partial charge in [-0.15, -0.1) is 0 Å². The molecule has 0 amide bonds. The van der Waals surface area contributed by atoms with Gasteiger partial charge in [-0.05, 0) is 32.1 Å². The van der Waals surface area contributed by atoms with Gasteiger partial charge in [-0.2, -0.15) is 0 Å². The predicted octanol–water partition coefficient (Wildman–Crippen LogP) is 2.08. The van der Waals surface area contributed by atoms with E-state index in [2.05, 4.69) is 0 Å². The number of rotatable bonds is 2. The van der Waals surface area contributed by atoms with Crippen molar-refractivity contribution in [3.8, 4) is 0 Å². The molecule has 0 unspecified atom stereocenters. The van der Waals surface area contributed by atoms with Crippen molar-refractivity contribution >= 4 is 22.4 Å². The monoisotopic (exact) mass is 260 g/mol. The topological polar surface area (TPSA) is 51.2 Å². The van der Waals surface area contributed by atoms with Crippen LogP contribution in [-0.4, -0.2) is 15.8 Å². The second kappa shape index (κ2) is 4.82. The Labute approximate surface area is 108 Å². The van der Waals surface area contributed by atoms with Gasteiger partial charge < -0.3 is 0 Å². The third-order valence-electron chi connectivity index (χ3n) is 2.68. The Morgan fingerprint density at radius 2 is 1.50 bits per heavy atom. The van der Waals surface area contributed by atoms with Crippen molar-refractivity contribution in [1.29, 1.82) is 0 Å². The minimum Gasteiger partial charge on any atom is -0.290 e. The number of ketones is 2. The zero-order valence-corrected chi connectivity index (χ0v) is 10.9. The van der Waals surface area contributed by atoms with Gasteiger partial charge in [0.05, 0.1) is 15.7 Å². The van der Waals surface area contributed by atoms with Crippen LogP contribution in [0.1, 0.15) is 12.5 Å². The lowest BCUT2D eigenvalue weighted by atomic mass is 10.1. The smallest absolute Gasteiger partial charge is 0.195 e. The molecule has 0 aliphatic heterocycles. The van der Waals surface area contributed by atoms with Gasteiger partial charge in [0, 0.05) is 16.5 Å². The maximum absolute atomic E-state index is 12.2. The number of allylic oxidation sites excluding steroid dienone is 4. The van der Waals surface area contributed by atoms with Crippen LogP contribution in [0.15, 0.2) is 51.8 Å². The molecule has 1 aromatic rings. The second-order valence-corrected chi connectivity index (χ2v) is 5.59. The van der Waals surface area contributed by atoms with E-state index in [1.807, 2.05) is 19.1 Å². The molecule has 1 aromatic carbocycles. The van der Waals surface area contributed by atoms with E-state index < -0.39 is 10.8 Å². The van der Waals surface area contributed by atoms with Crippen molar-refractivity contribution < 1.29 is 13.8 Å². The Kier molecular flexibility index (Phi) is 3.39. The molecule has 3 nitrogen and oxygen atoms in total. The first kappa shape index (κ1) is 12.6. The molecule has 0 saturated carbocycles. The third kappa shape index (κ3) is 2.38. The predicted molar refractivity (Wildman–Crippen MR) is 69.4 cm³/mol. The highest BCUT2D eigenvalue weighted by molar-refractivity contribution is 7.90. The molecular formula is C14H12O3S. The van der Waals surface area contributed by atoms with E-state index in [-0.39, 0.29) is 16.5 Å². The fourth-order valence-corrected chi connectivity index (χ4v) is 2.67. The van der Waals surface area contributed by atoms with Gasteiger partial charge in [0.25, 0.3) is 0 Å². The quantitative estimate of drug-likeness (QED) is 0.765. The maximum Gasteiger partial charge on any atom is 0.195 e. The summed E-state index contributed by atoms with van der Waals surface area (Å²) in [7, 11) is -1.60. The van der Waals surface area contributed by atoms with Gasteiger partial charge in [-0.25, -0.2) is 4.21 Å². The molecule has 92 valence electrons. The second-order valence-electron chi connectivity index (χ2n) is 4.15. The lowest BCUT2D eigenvalue weighted by Gasteiger charge is -2.09. The lowest BCUT2D eigenvalue weighted by Crippen LogP contribution is -2.15. The molecule has 0 radical (unpaired) electrons. The van der Waals surface area contributed by atoms with Crippen LogP contribution in [0.25, 0.3) is 0 Å². The average molecular weight is 260 g/mol. The zero-order chi connectivity index (χ0) is 13.3. The lowest BCUT2D eigenvalue weighted by molar-refractivity contribution is -0.114. The van der Waals surface area contributed by atoms with E-state index in [4.69, 9.17) is 0 Å². The van der Waals surface area contributed by atoms with E-state index in [1.54, 1.807) is 19.1 Å². The highest BCUT2D eigenvalue weighted by atomic mass is 32.2. The summed E-state index contributed by atoms with van der Waals surface area (Å²) in [4.78, 5) is 23.8. The van der Waals surface area contributed by atoms with Crippen molar-refractivity contribution in [3.05, 3.63) is 52.5 Å². The van der Waals surface area contributed by atoms with Crippen molar-refractivity contribution in [1.82, 2.24) is 0 Å². The number of hydrogen-bond acceptors (Lipinski definition) is 3. The molecule has 4 heteroatoms. The van der Waals surface area contributed by atoms with Crippen LogP contribution in [0.5, 0.6) is 0 Å². The number of carbonyl (C=O) groups is 2. The van der Waals surface area contributed by atoms with E-state index >= 15 is 0 Å². The number of carbonyl (C=O) groups excluding carboxylic acids is 2. The summed E-state index contributed by atoms with van der Waals surface area (Å²) in [6.07, 6.45) is 2.41. The molecule has 1 aliphatic rings. The molecule has 18 heavy (non-hydrogen) atoms. The first-order valence-corrected chi connectivity index (χ1v) is 6.61. The molecule has 0 saturated heterocycles. The van der Waals surface area contributed by atoms with Gasteiger partial charge in [0.15, 0.2) is 11.6 Å². The average Bonchev–Trinajstić information content (AvgIpc) is 2.34. The fraction of sp³-hybridized carbons (Fsp3) is 0.143. The van der Waals surface area contributed by atoms with Crippen molar-refractivity contribution in [2.45, 2.75) is 18.7 Å². The summed E-state index contributed by atoms with van der Waals surface area (Å²) >= 11 is 0. The third-order valence-corrected chi connectivity index (χ3v) is 4.09. The Morgan fingerprint density at radius 3 is 2.11 bits per heavy atom. The highest BCUT2D eigenvalue weighted by Gasteiger charge is 2.23. The molecule has 0 aromatic heterocycles. The molecule has 1 aliphatic carbocycles. The summed E-state index contributed by atoms with van der Waals surface area (Å²) in [6.45, 7) is 3.50. The van der Waals surface area contributed by atoms with E-state index in [0.717, 1.165) is 5.56 Å². The molecule has 2 rings (SSSR count). The summed E-state index contributed by atoms with van der Waals surface area (Å²) in [6, 6.07) is 7.05. The molecule has 0 heterocycles. The van der Waals surface area contributed by atoms with E-state index in [0.29, 0.717) is 10.5 Å². The van der Waals surface area contributed by atoms with Gasteiger partial charge in [0.2, 0.25) is 0 Å². The van der Waals surface area contributed by atoms with Crippen molar-refractivity contribution in [2.75, 3.05) is 0 Å². The normalized spacial score (nSPS) is 17.2. The minimum absolute atomic E-state index is 0.0504. The number of hydrogen-bond donors (Lipinski definition) is 0. The van der Waals surface area contributed by atoms with E-state index in [1.165, 1.54) is 12.2 Å². The molecule has 1 atom stereocenters. The number of benzene rings is 1. The van der Waals surface area contributed by atoms with Crippen LogP contribution in [0.2, 0.25) is 0 Å². The Hall–Kier alpha value is -1.81. The van der Waals surface area contributed by atoms with Crippen LogP contribution in [-0.2, 0) is 20.4 Å². The van der Waals surface area contributed by atoms with Gasteiger partial charge in [-0.3, -0.25) is 9.59 Å². The van der Waals surface area contributed by atoms with Crippen molar-refractivity contribution in [3.63, 3.8) is 0 Å². The maximum atomic E-state index is 12.2. The molecule has 0 N–H and O–H groups in total. The Balaban J connectivity index is 2.36. The van der Waals surface area contributed by atoms with Crippen LogP contribution in [0, 0.1) is 6.92 Å². The van der Waals surface area contributed by atoms with Crippen molar-refractivity contribution in [2.24, 2.45) is 0 Å². The summed E-state index contributed by atoms with van der Waals surface area (Å²) in [5.41, 5.74) is 1.43. The molecule has 0 fully saturated rings. The summed E-state index contributed by atoms with van der Waals surface area (Å²) in [5.74, 6) is -0.615. The fourth-order valence-electron chi connectivity index (χ4n) is 1.58. The first-order valence-electron chi connectivity index (χ1n) is 5.46. The Morgan fingerprint density at radius 1 is 0.889 bits per heavy atom. The SMILES string of the molecule is CC1=CC(=O)C([S@@](=O)c2ccc(C)cc2)=CC1=O. The summed E-state index contributed by atoms with van der Waals surface area (Å²) in [5, 5.41) is 0. The summed E-state index contributed by atoms with van der Waals surface area (Å²) < 4.78 is 12.2. The standard InChI is InChI=1S/C14H12O3S/c1-9-3-5-11(6-4-9)18(17)14-8-12(15)10(2)7-13(14)16/h3-8H,1-2H3/t18-/m0/s1. The van der Waals surface area contributed by atoms with Crippen LogP contribution < -0.4 is 0 Å².